The minimum Gasteiger partial charge on any atom is -0.497 e. The first-order valence-corrected chi connectivity index (χ1v) is 8.07. The van der Waals surface area contributed by atoms with E-state index in [-0.39, 0.29) is 5.91 Å². The Labute approximate surface area is 143 Å². The normalized spacial score (nSPS) is 10.9. The summed E-state index contributed by atoms with van der Waals surface area (Å²) in [4.78, 5) is 14.3. The van der Waals surface area contributed by atoms with E-state index in [0.29, 0.717) is 5.69 Å². The molecule has 0 saturated carbocycles. The Morgan fingerprint density at radius 3 is 2.75 bits per heavy atom. The van der Waals surface area contributed by atoms with E-state index >= 15 is 0 Å². The largest absolute Gasteiger partial charge is 0.497 e. The topological polar surface area (TPSA) is 79.4 Å². The van der Waals surface area contributed by atoms with Crippen LogP contribution >= 0.6 is 11.3 Å². The van der Waals surface area contributed by atoms with Gasteiger partial charge in [-0.2, -0.15) is 10.2 Å². The van der Waals surface area contributed by atoms with Crippen LogP contribution in [0.3, 0.4) is 0 Å². The monoisotopic (exact) mass is 340 g/mol. The molecule has 2 heterocycles. The quantitative estimate of drug-likeness (QED) is 0.553. The third kappa shape index (κ3) is 3.69. The minimum atomic E-state index is -0.365. The first-order chi connectivity index (χ1) is 11.7. The van der Waals surface area contributed by atoms with E-state index < -0.39 is 0 Å². The molecule has 0 radical (unpaired) electrons. The van der Waals surface area contributed by atoms with Gasteiger partial charge in [0.25, 0.3) is 5.91 Å². The van der Waals surface area contributed by atoms with E-state index in [1.807, 2.05) is 43.3 Å². The number of aryl methyl sites for hydroxylation is 1. The van der Waals surface area contributed by atoms with Crippen LogP contribution in [-0.4, -0.2) is 29.4 Å². The lowest BCUT2D eigenvalue weighted by Gasteiger charge is -1.99. The van der Waals surface area contributed by atoms with Gasteiger partial charge >= 0.3 is 0 Å². The summed E-state index contributed by atoms with van der Waals surface area (Å²) in [6, 6.07) is 13.1. The first-order valence-electron chi connectivity index (χ1n) is 7.25. The molecule has 1 amide bonds. The Morgan fingerprint density at radius 2 is 2.08 bits per heavy atom. The van der Waals surface area contributed by atoms with E-state index in [4.69, 9.17) is 4.74 Å². The zero-order chi connectivity index (χ0) is 16.9. The molecule has 2 aromatic heterocycles. The number of amides is 1. The van der Waals surface area contributed by atoms with Crippen molar-refractivity contribution >= 4 is 23.5 Å². The van der Waals surface area contributed by atoms with Gasteiger partial charge in [-0.1, -0.05) is 0 Å². The third-order valence-corrected chi connectivity index (χ3v) is 4.35. The molecule has 2 N–H and O–H groups in total. The summed E-state index contributed by atoms with van der Waals surface area (Å²) >= 11 is 1.64. The summed E-state index contributed by atoms with van der Waals surface area (Å²) in [5.41, 5.74) is 4.43. The molecule has 0 saturated heterocycles. The van der Waals surface area contributed by atoms with Gasteiger partial charge in [-0.25, -0.2) is 5.43 Å². The van der Waals surface area contributed by atoms with Gasteiger partial charge in [0.05, 0.1) is 23.9 Å². The molecule has 0 aliphatic carbocycles. The predicted molar refractivity (Wildman–Crippen MR) is 94.7 cm³/mol. The maximum atomic E-state index is 12.1. The van der Waals surface area contributed by atoms with Crippen LogP contribution in [0.1, 0.15) is 20.9 Å². The number of ether oxygens (including phenoxy) is 1. The molecule has 7 heteroatoms. The fourth-order valence-corrected chi connectivity index (χ4v) is 2.89. The molecular weight excluding hydrogens is 324 g/mol. The number of rotatable bonds is 5. The molecule has 0 fully saturated rings. The number of H-pyrrole nitrogens is 1. The number of aromatic nitrogens is 2. The highest BCUT2D eigenvalue weighted by atomic mass is 32.1. The zero-order valence-electron chi connectivity index (χ0n) is 13.2. The molecule has 1 aromatic carbocycles. The van der Waals surface area contributed by atoms with Gasteiger partial charge in [0, 0.05) is 4.88 Å². The second kappa shape index (κ2) is 7.10. The summed E-state index contributed by atoms with van der Waals surface area (Å²) < 4.78 is 5.08. The molecule has 0 aliphatic heterocycles. The van der Waals surface area contributed by atoms with Crippen LogP contribution in [0, 0.1) is 6.92 Å². The highest BCUT2D eigenvalue weighted by Crippen LogP contribution is 2.26. The van der Waals surface area contributed by atoms with Crippen molar-refractivity contribution in [2.24, 2.45) is 5.10 Å². The molecule has 0 spiro atoms. The van der Waals surface area contributed by atoms with E-state index in [2.05, 4.69) is 20.7 Å². The van der Waals surface area contributed by atoms with Crippen molar-refractivity contribution in [2.45, 2.75) is 6.92 Å². The van der Waals surface area contributed by atoms with Crippen molar-refractivity contribution in [3.8, 4) is 16.3 Å². The van der Waals surface area contributed by atoms with Crippen LogP contribution in [0.15, 0.2) is 47.6 Å². The second-order valence-corrected chi connectivity index (χ2v) is 6.34. The average Bonchev–Trinajstić information content (AvgIpc) is 3.24. The molecule has 6 nitrogen and oxygen atoms in total. The van der Waals surface area contributed by atoms with E-state index in [0.717, 1.165) is 21.9 Å². The minimum absolute atomic E-state index is 0.294. The zero-order valence-corrected chi connectivity index (χ0v) is 14.1. The Bertz CT molecular complexity index is 865. The smallest absolute Gasteiger partial charge is 0.291 e. The van der Waals surface area contributed by atoms with Crippen molar-refractivity contribution in [3.63, 3.8) is 0 Å². The van der Waals surface area contributed by atoms with Crippen LogP contribution in [0.4, 0.5) is 0 Å². The van der Waals surface area contributed by atoms with Crippen LogP contribution in [0.5, 0.6) is 5.75 Å². The van der Waals surface area contributed by atoms with Gasteiger partial charge in [0.2, 0.25) is 0 Å². The number of thiophene rings is 1. The first kappa shape index (κ1) is 15.9. The van der Waals surface area contributed by atoms with Gasteiger partial charge < -0.3 is 4.74 Å². The lowest BCUT2D eigenvalue weighted by Crippen LogP contribution is -2.17. The summed E-state index contributed by atoms with van der Waals surface area (Å²) in [7, 11) is 1.61. The van der Waals surface area contributed by atoms with Gasteiger partial charge in [-0.3, -0.25) is 9.89 Å². The van der Waals surface area contributed by atoms with Crippen molar-refractivity contribution in [3.05, 3.63) is 58.6 Å². The maximum absolute atomic E-state index is 12.1. The number of hydrogen-bond acceptors (Lipinski definition) is 5. The molecule has 0 bridgehead atoms. The Morgan fingerprint density at radius 1 is 1.29 bits per heavy atom. The van der Waals surface area contributed by atoms with Crippen LogP contribution in [0.25, 0.3) is 10.6 Å². The van der Waals surface area contributed by atoms with Crippen LogP contribution in [-0.2, 0) is 0 Å². The SMILES string of the molecule is COc1ccc(C=NNC(=O)c2cc(-c3ccc(C)s3)[nH]n2)cc1. The van der Waals surface area contributed by atoms with Crippen molar-refractivity contribution in [2.75, 3.05) is 7.11 Å². The summed E-state index contributed by atoms with van der Waals surface area (Å²) in [6.07, 6.45) is 1.56. The number of nitrogens with zero attached hydrogens (tertiary/aromatic N) is 2. The van der Waals surface area contributed by atoms with Crippen molar-refractivity contribution in [1.82, 2.24) is 15.6 Å². The maximum Gasteiger partial charge on any atom is 0.291 e. The standard InChI is InChI=1S/C17H16N4O2S/c1-11-3-8-16(24-11)14-9-15(20-19-14)17(22)21-18-10-12-4-6-13(23-2)7-5-12/h3-10H,1-2H3,(H,19,20)(H,21,22). The Kier molecular flexibility index (Phi) is 4.72. The van der Waals surface area contributed by atoms with Gasteiger partial charge in [-0.15, -0.1) is 11.3 Å². The summed E-state index contributed by atoms with van der Waals surface area (Å²) in [5.74, 6) is 0.402. The third-order valence-electron chi connectivity index (χ3n) is 3.31. The van der Waals surface area contributed by atoms with Gasteiger partial charge in [0.1, 0.15) is 5.75 Å². The molecule has 24 heavy (non-hydrogen) atoms. The summed E-state index contributed by atoms with van der Waals surface area (Å²) in [6.45, 7) is 2.03. The highest BCUT2D eigenvalue weighted by Gasteiger charge is 2.11. The number of benzene rings is 1. The van der Waals surface area contributed by atoms with Gasteiger partial charge in [0.15, 0.2) is 5.69 Å². The molecule has 0 unspecified atom stereocenters. The highest BCUT2D eigenvalue weighted by molar-refractivity contribution is 7.15. The number of carbonyl (C=O) groups excluding carboxylic acids is 1. The number of carbonyl (C=O) groups is 1. The number of methoxy groups -OCH3 is 1. The fourth-order valence-electron chi connectivity index (χ4n) is 2.06. The number of hydrogen-bond donors (Lipinski definition) is 2. The molecule has 3 aromatic rings. The van der Waals surface area contributed by atoms with Crippen LogP contribution < -0.4 is 10.2 Å². The van der Waals surface area contributed by atoms with Gasteiger partial charge in [-0.05, 0) is 55.0 Å². The fraction of sp³-hybridized carbons (Fsp3) is 0.118. The molecular formula is C17H16N4O2S. The lowest BCUT2D eigenvalue weighted by atomic mass is 10.2. The molecule has 0 atom stereocenters. The molecule has 122 valence electrons. The molecule has 3 rings (SSSR count). The van der Waals surface area contributed by atoms with E-state index in [9.17, 15) is 4.79 Å². The van der Waals surface area contributed by atoms with Crippen molar-refractivity contribution in [1.29, 1.82) is 0 Å². The van der Waals surface area contributed by atoms with E-state index in [1.54, 1.807) is 30.7 Å². The average molecular weight is 340 g/mol. The number of hydrazone groups is 1. The van der Waals surface area contributed by atoms with E-state index in [1.165, 1.54) is 4.88 Å². The number of aromatic amines is 1. The van der Waals surface area contributed by atoms with Crippen LogP contribution in [0.2, 0.25) is 0 Å². The lowest BCUT2D eigenvalue weighted by molar-refractivity contribution is 0.0950. The number of nitrogens with one attached hydrogen (secondary N) is 2. The predicted octanol–water partition coefficient (Wildman–Crippen LogP) is 3.22. The second-order valence-electron chi connectivity index (χ2n) is 5.05. The Hall–Kier alpha value is -2.93. The summed E-state index contributed by atoms with van der Waals surface area (Å²) in [5, 5.41) is 10.8. The van der Waals surface area contributed by atoms with Crippen molar-refractivity contribution < 1.29 is 9.53 Å². The Balaban J connectivity index is 1.62. The molecule has 0 aliphatic rings.